The summed E-state index contributed by atoms with van der Waals surface area (Å²) in [5, 5.41) is 0. The van der Waals surface area contributed by atoms with E-state index < -0.39 is 0 Å². The minimum absolute atomic E-state index is 0.148. The second-order valence-corrected chi connectivity index (χ2v) is 7.60. The van der Waals surface area contributed by atoms with E-state index in [4.69, 9.17) is 5.73 Å². The minimum atomic E-state index is -0.148. The van der Waals surface area contributed by atoms with Gasteiger partial charge in [0.1, 0.15) is 0 Å². The maximum atomic E-state index is 6.83. The van der Waals surface area contributed by atoms with Crippen LogP contribution in [0.2, 0.25) is 0 Å². The fourth-order valence-electron chi connectivity index (χ4n) is 4.47. The number of rotatable bonds is 3. The quantitative estimate of drug-likeness (QED) is 0.835. The van der Waals surface area contributed by atoms with E-state index in [9.17, 15) is 0 Å². The van der Waals surface area contributed by atoms with Crippen LogP contribution in [-0.2, 0) is 18.4 Å². The van der Waals surface area contributed by atoms with E-state index in [0.29, 0.717) is 5.92 Å². The van der Waals surface area contributed by atoms with Crippen LogP contribution in [0.3, 0.4) is 0 Å². The lowest BCUT2D eigenvalue weighted by molar-refractivity contribution is 0.183. The van der Waals surface area contributed by atoms with Crippen molar-refractivity contribution in [1.29, 1.82) is 0 Å². The van der Waals surface area contributed by atoms with Crippen molar-refractivity contribution in [3.8, 4) is 0 Å². The lowest BCUT2D eigenvalue weighted by atomic mass is 9.69. The highest BCUT2D eigenvalue weighted by atomic mass is 14.7. The standard InChI is InChI=1S/C20H31N/c1-3-15-8-11-18(12-9-15)20(2,21)19-13-10-16-6-4-5-7-17(16)14-19/h10,13-15,18H,3-9,11-12,21H2,1-2H3. The zero-order valence-electron chi connectivity index (χ0n) is 13.8. The van der Waals surface area contributed by atoms with Gasteiger partial charge < -0.3 is 5.73 Å². The predicted octanol–water partition coefficient (Wildman–Crippen LogP) is 4.96. The van der Waals surface area contributed by atoms with Crippen molar-refractivity contribution in [2.24, 2.45) is 17.6 Å². The maximum absolute atomic E-state index is 6.83. The van der Waals surface area contributed by atoms with E-state index >= 15 is 0 Å². The highest BCUT2D eigenvalue weighted by molar-refractivity contribution is 5.37. The van der Waals surface area contributed by atoms with Crippen molar-refractivity contribution < 1.29 is 0 Å². The predicted molar refractivity (Wildman–Crippen MR) is 90.4 cm³/mol. The first-order valence-electron chi connectivity index (χ1n) is 9.02. The summed E-state index contributed by atoms with van der Waals surface area (Å²) in [7, 11) is 0. The Morgan fingerprint density at radius 1 is 1.05 bits per heavy atom. The van der Waals surface area contributed by atoms with E-state index in [1.165, 1.54) is 63.4 Å². The van der Waals surface area contributed by atoms with E-state index in [1.54, 1.807) is 11.1 Å². The Hall–Kier alpha value is -0.820. The third kappa shape index (κ3) is 3.04. The Morgan fingerprint density at radius 3 is 2.38 bits per heavy atom. The average molecular weight is 285 g/mol. The topological polar surface area (TPSA) is 26.0 Å². The molecule has 1 aromatic rings. The van der Waals surface area contributed by atoms with Crippen LogP contribution in [0.15, 0.2) is 18.2 Å². The SMILES string of the molecule is CCC1CCC(C(C)(N)c2ccc3c(c2)CCCC3)CC1. The Kier molecular flexibility index (Phi) is 4.40. The van der Waals surface area contributed by atoms with Gasteiger partial charge >= 0.3 is 0 Å². The van der Waals surface area contributed by atoms with Gasteiger partial charge in [-0.3, -0.25) is 0 Å². The molecule has 0 heterocycles. The minimum Gasteiger partial charge on any atom is -0.321 e. The number of hydrogen-bond donors (Lipinski definition) is 1. The summed E-state index contributed by atoms with van der Waals surface area (Å²) in [6, 6.07) is 7.10. The van der Waals surface area contributed by atoms with Crippen LogP contribution in [-0.4, -0.2) is 0 Å². The maximum Gasteiger partial charge on any atom is 0.0409 e. The lowest BCUT2D eigenvalue weighted by Gasteiger charge is -2.40. The van der Waals surface area contributed by atoms with Gasteiger partial charge in [-0.25, -0.2) is 0 Å². The van der Waals surface area contributed by atoms with Gasteiger partial charge in [0, 0.05) is 5.54 Å². The molecule has 0 aromatic heterocycles. The fourth-order valence-corrected chi connectivity index (χ4v) is 4.47. The molecule has 0 aliphatic heterocycles. The second-order valence-electron chi connectivity index (χ2n) is 7.60. The van der Waals surface area contributed by atoms with Gasteiger partial charge in [0.25, 0.3) is 0 Å². The van der Waals surface area contributed by atoms with Crippen molar-refractivity contribution in [3.05, 3.63) is 34.9 Å². The van der Waals surface area contributed by atoms with Crippen LogP contribution in [0.25, 0.3) is 0 Å². The van der Waals surface area contributed by atoms with Crippen LogP contribution >= 0.6 is 0 Å². The summed E-state index contributed by atoms with van der Waals surface area (Å²) < 4.78 is 0. The molecule has 21 heavy (non-hydrogen) atoms. The number of nitrogens with two attached hydrogens (primary N) is 1. The number of hydrogen-bond acceptors (Lipinski definition) is 1. The van der Waals surface area contributed by atoms with E-state index in [2.05, 4.69) is 32.0 Å². The van der Waals surface area contributed by atoms with Gasteiger partial charge in [-0.05, 0) is 74.0 Å². The van der Waals surface area contributed by atoms with Crippen LogP contribution < -0.4 is 5.73 Å². The fraction of sp³-hybridized carbons (Fsp3) is 0.700. The molecule has 0 radical (unpaired) electrons. The number of benzene rings is 1. The molecule has 0 spiro atoms. The highest BCUT2D eigenvalue weighted by Gasteiger charge is 2.35. The first-order chi connectivity index (χ1) is 10.1. The largest absolute Gasteiger partial charge is 0.321 e. The van der Waals surface area contributed by atoms with Crippen LogP contribution in [0.5, 0.6) is 0 Å². The first-order valence-corrected chi connectivity index (χ1v) is 9.02. The first kappa shape index (κ1) is 15.1. The highest BCUT2D eigenvalue weighted by Crippen LogP contribution is 2.40. The van der Waals surface area contributed by atoms with Gasteiger partial charge in [0.15, 0.2) is 0 Å². The average Bonchev–Trinajstić information content (AvgIpc) is 2.54. The zero-order valence-corrected chi connectivity index (χ0v) is 13.8. The third-order valence-corrected chi connectivity index (χ3v) is 6.24. The Labute approximate surface area is 130 Å². The van der Waals surface area contributed by atoms with Crippen molar-refractivity contribution >= 4 is 0 Å². The van der Waals surface area contributed by atoms with Crippen LogP contribution in [0.4, 0.5) is 0 Å². The molecule has 1 fully saturated rings. The van der Waals surface area contributed by atoms with Crippen LogP contribution in [0.1, 0.15) is 75.5 Å². The van der Waals surface area contributed by atoms with Crippen molar-refractivity contribution in [1.82, 2.24) is 0 Å². The molecule has 1 aromatic carbocycles. The summed E-state index contributed by atoms with van der Waals surface area (Å²) in [6.07, 6.45) is 11.9. The molecule has 0 saturated heterocycles. The Morgan fingerprint density at radius 2 is 1.71 bits per heavy atom. The molecule has 2 aliphatic carbocycles. The third-order valence-electron chi connectivity index (χ3n) is 6.24. The van der Waals surface area contributed by atoms with Gasteiger partial charge in [-0.1, -0.05) is 44.4 Å². The summed E-state index contributed by atoms with van der Waals surface area (Å²) >= 11 is 0. The molecule has 116 valence electrons. The second kappa shape index (κ2) is 6.12. The number of fused-ring (bicyclic) bond motifs is 1. The molecule has 1 nitrogen and oxygen atoms in total. The normalized spacial score (nSPS) is 28.7. The van der Waals surface area contributed by atoms with Crippen molar-refractivity contribution in [2.75, 3.05) is 0 Å². The summed E-state index contributed by atoms with van der Waals surface area (Å²) in [5.41, 5.74) is 11.2. The van der Waals surface area contributed by atoms with Crippen molar-refractivity contribution in [2.45, 2.75) is 77.2 Å². The molecule has 0 bridgehead atoms. The van der Waals surface area contributed by atoms with Crippen molar-refractivity contribution in [3.63, 3.8) is 0 Å². The molecule has 2 N–H and O–H groups in total. The van der Waals surface area contributed by atoms with Gasteiger partial charge in [-0.15, -0.1) is 0 Å². The van der Waals surface area contributed by atoms with E-state index in [-0.39, 0.29) is 5.54 Å². The lowest BCUT2D eigenvalue weighted by Crippen LogP contribution is -2.43. The molecule has 3 rings (SSSR count). The molecular weight excluding hydrogens is 254 g/mol. The Balaban J connectivity index is 1.78. The summed E-state index contributed by atoms with van der Waals surface area (Å²) in [4.78, 5) is 0. The van der Waals surface area contributed by atoms with Gasteiger partial charge in [0.05, 0.1) is 0 Å². The van der Waals surface area contributed by atoms with Gasteiger partial charge in [0.2, 0.25) is 0 Å². The summed E-state index contributed by atoms with van der Waals surface area (Å²) in [5.74, 6) is 1.60. The van der Waals surface area contributed by atoms with E-state index in [0.717, 1.165) is 5.92 Å². The Bertz CT molecular complexity index is 481. The molecule has 1 atom stereocenters. The molecule has 1 heteroatoms. The molecule has 1 saturated carbocycles. The molecule has 1 unspecified atom stereocenters. The molecule has 0 amide bonds. The number of aryl methyl sites for hydroxylation is 2. The zero-order chi connectivity index (χ0) is 14.9. The smallest absolute Gasteiger partial charge is 0.0409 e. The van der Waals surface area contributed by atoms with Gasteiger partial charge in [-0.2, -0.15) is 0 Å². The molecule has 2 aliphatic rings. The molecular formula is C20H31N. The monoisotopic (exact) mass is 285 g/mol. The van der Waals surface area contributed by atoms with Crippen LogP contribution in [0, 0.1) is 11.8 Å². The summed E-state index contributed by atoms with van der Waals surface area (Å²) in [6.45, 7) is 4.60. The van der Waals surface area contributed by atoms with E-state index in [1.807, 2.05) is 0 Å².